The van der Waals surface area contributed by atoms with Crippen molar-refractivity contribution in [3.63, 3.8) is 0 Å². The molecule has 2 aromatic rings. The molecule has 0 aromatic heterocycles. The number of hydrogen-bond acceptors (Lipinski definition) is 5. The van der Waals surface area contributed by atoms with Gasteiger partial charge in [0.05, 0.1) is 26.9 Å². The lowest BCUT2D eigenvalue weighted by Crippen LogP contribution is -2.39. The van der Waals surface area contributed by atoms with E-state index in [1.807, 2.05) is 30.3 Å². The van der Waals surface area contributed by atoms with Gasteiger partial charge in [-0.2, -0.15) is 0 Å². The summed E-state index contributed by atoms with van der Waals surface area (Å²) in [6, 6.07) is 12.8. The monoisotopic (exact) mass is 417 g/mol. The van der Waals surface area contributed by atoms with Gasteiger partial charge in [-0.05, 0) is 42.3 Å². The SMILES string of the molecule is COc1cc(C=CC(=O)N2CCC=C(C#Cc3ccccc3)C2=O)cc(OC)c1OC. The van der Waals surface area contributed by atoms with Gasteiger partial charge in [-0.1, -0.05) is 36.1 Å². The van der Waals surface area contributed by atoms with Crippen LogP contribution >= 0.6 is 0 Å². The van der Waals surface area contributed by atoms with Gasteiger partial charge < -0.3 is 14.2 Å². The van der Waals surface area contributed by atoms with Crippen molar-refractivity contribution in [3.8, 4) is 29.1 Å². The van der Waals surface area contributed by atoms with Crippen molar-refractivity contribution < 1.29 is 23.8 Å². The van der Waals surface area contributed by atoms with Crippen LogP contribution in [0.25, 0.3) is 6.08 Å². The summed E-state index contributed by atoms with van der Waals surface area (Å²) in [5.41, 5.74) is 1.80. The topological polar surface area (TPSA) is 65.1 Å². The summed E-state index contributed by atoms with van der Waals surface area (Å²) in [5.74, 6) is 6.46. The number of nitrogens with zero attached hydrogens (tertiary/aromatic N) is 1. The highest BCUT2D eigenvalue weighted by Gasteiger charge is 2.25. The van der Waals surface area contributed by atoms with E-state index in [9.17, 15) is 9.59 Å². The first-order valence-electron chi connectivity index (χ1n) is 9.68. The van der Waals surface area contributed by atoms with Crippen molar-refractivity contribution in [2.24, 2.45) is 0 Å². The molecule has 3 rings (SSSR count). The lowest BCUT2D eigenvalue weighted by Gasteiger charge is -2.22. The predicted octanol–water partition coefficient (Wildman–Crippen LogP) is 3.46. The number of carbonyl (C=O) groups is 2. The molecular formula is C25H23NO5. The molecule has 158 valence electrons. The van der Waals surface area contributed by atoms with E-state index >= 15 is 0 Å². The number of benzene rings is 2. The highest BCUT2D eigenvalue weighted by atomic mass is 16.5. The molecule has 0 saturated carbocycles. The minimum atomic E-state index is -0.411. The highest BCUT2D eigenvalue weighted by molar-refractivity contribution is 6.11. The maximum atomic E-state index is 12.7. The van der Waals surface area contributed by atoms with Crippen LogP contribution in [0.4, 0.5) is 0 Å². The number of hydrogen-bond donors (Lipinski definition) is 0. The second-order valence-corrected chi connectivity index (χ2v) is 6.61. The van der Waals surface area contributed by atoms with Gasteiger partial charge in [0.1, 0.15) is 0 Å². The van der Waals surface area contributed by atoms with E-state index in [4.69, 9.17) is 14.2 Å². The van der Waals surface area contributed by atoms with Gasteiger partial charge >= 0.3 is 0 Å². The molecule has 0 fully saturated rings. The molecule has 0 aliphatic carbocycles. The molecule has 1 aliphatic heterocycles. The van der Waals surface area contributed by atoms with Crippen molar-refractivity contribution in [2.75, 3.05) is 27.9 Å². The van der Waals surface area contributed by atoms with E-state index in [0.717, 1.165) is 5.56 Å². The summed E-state index contributed by atoms with van der Waals surface area (Å²) < 4.78 is 16.0. The molecule has 2 aromatic carbocycles. The fourth-order valence-corrected chi connectivity index (χ4v) is 3.10. The average Bonchev–Trinajstić information content (AvgIpc) is 2.81. The van der Waals surface area contributed by atoms with Gasteiger partial charge in [-0.15, -0.1) is 0 Å². The summed E-state index contributed by atoms with van der Waals surface area (Å²) in [4.78, 5) is 26.6. The van der Waals surface area contributed by atoms with Gasteiger partial charge in [0.2, 0.25) is 5.75 Å². The largest absolute Gasteiger partial charge is 0.493 e. The molecule has 1 aliphatic rings. The third-order valence-electron chi connectivity index (χ3n) is 4.66. The zero-order valence-electron chi connectivity index (χ0n) is 17.7. The van der Waals surface area contributed by atoms with Crippen LogP contribution in [0.1, 0.15) is 17.5 Å². The lowest BCUT2D eigenvalue weighted by molar-refractivity contribution is -0.139. The van der Waals surface area contributed by atoms with Gasteiger partial charge in [0.15, 0.2) is 11.5 Å². The second-order valence-electron chi connectivity index (χ2n) is 6.61. The summed E-state index contributed by atoms with van der Waals surface area (Å²) in [5, 5.41) is 0. The van der Waals surface area contributed by atoms with Crippen molar-refractivity contribution in [2.45, 2.75) is 6.42 Å². The number of amides is 2. The van der Waals surface area contributed by atoms with Crippen LogP contribution in [0.15, 0.2) is 60.2 Å². The van der Waals surface area contributed by atoms with Crippen LogP contribution in [-0.4, -0.2) is 44.6 Å². The van der Waals surface area contributed by atoms with Gasteiger partial charge in [0.25, 0.3) is 11.8 Å². The Kier molecular flexibility index (Phi) is 7.13. The third kappa shape index (κ3) is 5.14. The lowest BCUT2D eigenvalue weighted by atomic mass is 10.1. The first-order valence-corrected chi connectivity index (χ1v) is 9.68. The maximum absolute atomic E-state index is 12.7. The van der Waals surface area contributed by atoms with Crippen LogP contribution in [0, 0.1) is 11.8 Å². The highest BCUT2D eigenvalue weighted by Crippen LogP contribution is 2.38. The van der Waals surface area contributed by atoms with Crippen molar-refractivity contribution in [1.29, 1.82) is 0 Å². The predicted molar refractivity (Wildman–Crippen MR) is 118 cm³/mol. The van der Waals surface area contributed by atoms with Gasteiger partial charge in [-0.3, -0.25) is 14.5 Å². The number of methoxy groups -OCH3 is 3. The smallest absolute Gasteiger partial charge is 0.268 e. The van der Waals surface area contributed by atoms with E-state index in [1.165, 1.54) is 32.3 Å². The second kappa shape index (κ2) is 10.2. The Labute approximate surface area is 181 Å². The Balaban J connectivity index is 1.76. The molecule has 0 radical (unpaired) electrons. The summed E-state index contributed by atoms with van der Waals surface area (Å²) >= 11 is 0. The maximum Gasteiger partial charge on any atom is 0.268 e. The molecule has 6 heteroatoms. The van der Waals surface area contributed by atoms with E-state index in [-0.39, 0.29) is 0 Å². The molecule has 0 unspecified atom stereocenters. The summed E-state index contributed by atoms with van der Waals surface area (Å²) in [7, 11) is 4.56. The molecule has 2 amide bonds. The van der Waals surface area contributed by atoms with Crippen LogP contribution < -0.4 is 14.2 Å². The zero-order valence-corrected chi connectivity index (χ0v) is 17.7. The zero-order chi connectivity index (χ0) is 22.2. The minimum Gasteiger partial charge on any atom is -0.493 e. The minimum absolute atomic E-state index is 0.313. The number of carbonyl (C=O) groups excluding carboxylic acids is 2. The van der Waals surface area contributed by atoms with Crippen LogP contribution in [0.3, 0.4) is 0 Å². The first kappa shape index (κ1) is 21.7. The third-order valence-corrected chi connectivity index (χ3v) is 4.66. The summed E-state index contributed by atoms with van der Waals surface area (Å²) in [6.45, 7) is 0.313. The van der Waals surface area contributed by atoms with Crippen molar-refractivity contribution in [1.82, 2.24) is 4.90 Å². The van der Waals surface area contributed by atoms with E-state index in [0.29, 0.717) is 41.4 Å². The average molecular weight is 417 g/mol. The van der Waals surface area contributed by atoms with E-state index < -0.39 is 11.8 Å². The molecule has 0 atom stereocenters. The van der Waals surface area contributed by atoms with Crippen LogP contribution in [-0.2, 0) is 9.59 Å². The molecule has 0 saturated heterocycles. The Bertz CT molecular complexity index is 1060. The van der Waals surface area contributed by atoms with Gasteiger partial charge in [0, 0.05) is 18.2 Å². The van der Waals surface area contributed by atoms with Crippen molar-refractivity contribution >= 4 is 17.9 Å². The van der Waals surface area contributed by atoms with Gasteiger partial charge in [-0.25, -0.2) is 0 Å². The fraction of sp³-hybridized carbons (Fsp3) is 0.200. The molecule has 0 spiro atoms. The van der Waals surface area contributed by atoms with Crippen molar-refractivity contribution in [3.05, 3.63) is 71.3 Å². The number of imide groups is 1. The van der Waals surface area contributed by atoms with E-state index in [1.54, 1.807) is 24.3 Å². The standard InChI is InChI=1S/C25H23NO5/c1-29-21-16-19(17-22(30-2)24(21)31-3)12-14-23(27)26-15-7-10-20(25(26)28)13-11-18-8-5-4-6-9-18/h4-6,8-10,12,14,16-17H,7,15H2,1-3H3. The van der Waals surface area contributed by atoms with E-state index in [2.05, 4.69) is 11.8 Å². The normalized spacial score (nSPS) is 13.3. The quantitative estimate of drug-likeness (QED) is 0.551. The Hall–Kier alpha value is -3.98. The summed E-state index contributed by atoms with van der Waals surface area (Å²) in [6.07, 6.45) is 5.29. The Morgan fingerprint density at radius 1 is 1.00 bits per heavy atom. The molecule has 0 bridgehead atoms. The molecule has 31 heavy (non-hydrogen) atoms. The molecular weight excluding hydrogens is 394 g/mol. The Morgan fingerprint density at radius 2 is 1.68 bits per heavy atom. The first-order chi connectivity index (χ1) is 15.1. The Morgan fingerprint density at radius 3 is 2.29 bits per heavy atom. The van der Waals surface area contributed by atoms with Crippen LogP contribution in [0.2, 0.25) is 0 Å². The molecule has 1 heterocycles. The molecule has 6 nitrogen and oxygen atoms in total. The number of ether oxygens (including phenoxy) is 3. The van der Waals surface area contributed by atoms with Crippen LogP contribution in [0.5, 0.6) is 17.2 Å². The number of rotatable bonds is 5. The molecule has 0 N–H and O–H groups in total. The fourth-order valence-electron chi connectivity index (χ4n) is 3.10.